The SMILES string of the molecule is CCCCCCCCCCCCCCOS(=O)(=O)O.[Cu]. The van der Waals surface area contributed by atoms with E-state index >= 15 is 0 Å². The molecule has 1 radical (unpaired) electrons. The van der Waals surface area contributed by atoms with Crippen molar-refractivity contribution in [2.24, 2.45) is 0 Å². The molecule has 0 atom stereocenters. The second-order valence-electron chi connectivity index (χ2n) is 5.14. The average Bonchev–Trinajstić information content (AvgIpc) is 2.34. The van der Waals surface area contributed by atoms with Crippen molar-refractivity contribution in [1.29, 1.82) is 0 Å². The second-order valence-corrected chi connectivity index (χ2v) is 6.23. The molecule has 0 heterocycles. The zero-order chi connectivity index (χ0) is 14.4. The Morgan fingerprint density at radius 2 is 1.10 bits per heavy atom. The molecule has 1 N–H and O–H groups in total. The molecule has 0 aromatic heterocycles. The minimum atomic E-state index is -4.24. The van der Waals surface area contributed by atoms with Crippen molar-refractivity contribution < 1.29 is 34.2 Å². The van der Waals surface area contributed by atoms with E-state index in [1.165, 1.54) is 57.8 Å². The minimum absolute atomic E-state index is 0. The molecule has 0 saturated carbocycles. The fourth-order valence-electron chi connectivity index (χ4n) is 2.11. The van der Waals surface area contributed by atoms with Gasteiger partial charge in [0.25, 0.3) is 0 Å². The summed E-state index contributed by atoms with van der Waals surface area (Å²) in [7, 11) is -4.24. The summed E-state index contributed by atoms with van der Waals surface area (Å²) in [6, 6.07) is 0. The summed E-state index contributed by atoms with van der Waals surface area (Å²) in [4.78, 5) is 0. The molecule has 127 valence electrons. The molecule has 0 aliphatic carbocycles. The van der Waals surface area contributed by atoms with Crippen LogP contribution in [0.2, 0.25) is 0 Å². The molecule has 0 amide bonds. The van der Waals surface area contributed by atoms with E-state index in [4.69, 9.17) is 4.55 Å². The Morgan fingerprint density at radius 3 is 1.45 bits per heavy atom. The van der Waals surface area contributed by atoms with E-state index in [0.717, 1.165) is 12.8 Å². The van der Waals surface area contributed by atoms with Crippen molar-refractivity contribution >= 4 is 10.4 Å². The van der Waals surface area contributed by atoms with Crippen LogP contribution in [0, 0.1) is 0 Å². The molecule has 0 spiro atoms. The molecule has 0 unspecified atom stereocenters. The van der Waals surface area contributed by atoms with Crippen LogP contribution in [0.3, 0.4) is 0 Å². The van der Waals surface area contributed by atoms with Crippen molar-refractivity contribution in [3.8, 4) is 0 Å². The largest absolute Gasteiger partial charge is 0.397 e. The molecule has 4 nitrogen and oxygen atoms in total. The first-order valence-electron chi connectivity index (χ1n) is 7.68. The fourth-order valence-corrected chi connectivity index (χ4v) is 2.44. The summed E-state index contributed by atoms with van der Waals surface area (Å²) in [5.74, 6) is 0. The van der Waals surface area contributed by atoms with Gasteiger partial charge in [-0.15, -0.1) is 0 Å². The molecule has 20 heavy (non-hydrogen) atoms. The Bertz CT molecular complexity index is 281. The predicted molar refractivity (Wildman–Crippen MR) is 78.6 cm³/mol. The first kappa shape index (κ1) is 22.7. The number of unbranched alkanes of at least 4 members (excludes halogenated alkanes) is 11. The molecule has 0 saturated heterocycles. The molecular weight excluding hydrogens is 328 g/mol. The van der Waals surface area contributed by atoms with Crippen LogP contribution in [0.25, 0.3) is 0 Å². The van der Waals surface area contributed by atoms with E-state index in [2.05, 4.69) is 11.1 Å². The second kappa shape index (κ2) is 15.8. The third kappa shape index (κ3) is 20.7. The maximum Gasteiger partial charge on any atom is 0.397 e. The third-order valence-electron chi connectivity index (χ3n) is 3.23. The van der Waals surface area contributed by atoms with Gasteiger partial charge in [0.2, 0.25) is 0 Å². The van der Waals surface area contributed by atoms with Gasteiger partial charge in [-0.25, -0.2) is 4.18 Å². The van der Waals surface area contributed by atoms with Gasteiger partial charge < -0.3 is 0 Å². The van der Waals surface area contributed by atoms with Crippen LogP contribution in [0.15, 0.2) is 0 Å². The molecule has 0 aromatic carbocycles. The van der Waals surface area contributed by atoms with Gasteiger partial charge in [0.1, 0.15) is 0 Å². The van der Waals surface area contributed by atoms with Gasteiger partial charge in [0.05, 0.1) is 6.61 Å². The van der Waals surface area contributed by atoms with Gasteiger partial charge in [-0.2, -0.15) is 8.42 Å². The maximum atomic E-state index is 10.3. The third-order valence-corrected chi connectivity index (χ3v) is 3.69. The molecule has 0 aliphatic heterocycles. The van der Waals surface area contributed by atoms with E-state index in [1.54, 1.807) is 0 Å². The van der Waals surface area contributed by atoms with Gasteiger partial charge in [-0.05, 0) is 6.42 Å². The number of hydrogen-bond donors (Lipinski definition) is 1. The molecule has 0 bridgehead atoms. The van der Waals surface area contributed by atoms with Gasteiger partial charge in [0.15, 0.2) is 0 Å². The molecule has 0 aromatic rings. The first-order chi connectivity index (χ1) is 9.06. The number of rotatable bonds is 14. The fraction of sp³-hybridized carbons (Fsp3) is 1.00. The van der Waals surface area contributed by atoms with E-state index in [-0.39, 0.29) is 23.7 Å². The van der Waals surface area contributed by atoms with Gasteiger partial charge in [0, 0.05) is 17.1 Å². The van der Waals surface area contributed by atoms with Crippen LogP contribution in [0.5, 0.6) is 0 Å². The normalized spacial score (nSPS) is 11.3. The van der Waals surface area contributed by atoms with E-state index < -0.39 is 10.4 Å². The van der Waals surface area contributed by atoms with Crippen molar-refractivity contribution in [3.63, 3.8) is 0 Å². The van der Waals surface area contributed by atoms with Crippen molar-refractivity contribution in [1.82, 2.24) is 0 Å². The summed E-state index contributed by atoms with van der Waals surface area (Å²) >= 11 is 0. The Kier molecular flexibility index (Phi) is 17.9. The summed E-state index contributed by atoms with van der Waals surface area (Å²) < 4.78 is 33.1. The zero-order valence-electron chi connectivity index (χ0n) is 12.6. The first-order valence-corrected chi connectivity index (χ1v) is 9.04. The maximum absolute atomic E-state index is 10.3. The van der Waals surface area contributed by atoms with Crippen LogP contribution in [-0.4, -0.2) is 19.6 Å². The van der Waals surface area contributed by atoms with Crippen molar-refractivity contribution in [2.75, 3.05) is 6.61 Å². The number of hydrogen-bond acceptors (Lipinski definition) is 3. The summed E-state index contributed by atoms with van der Waals surface area (Å²) in [6.45, 7) is 2.33. The Morgan fingerprint density at radius 1 is 0.750 bits per heavy atom. The smallest absolute Gasteiger partial charge is 0.264 e. The topological polar surface area (TPSA) is 63.6 Å². The van der Waals surface area contributed by atoms with Gasteiger partial charge in [-0.3, -0.25) is 4.55 Å². The van der Waals surface area contributed by atoms with E-state index in [9.17, 15) is 8.42 Å². The quantitative estimate of drug-likeness (QED) is 0.282. The Hall–Kier alpha value is 0.389. The van der Waals surface area contributed by atoms with Crippen LogP contribution in [-0.2, 0) is 31.7 Å². The molecule has 0 rings (SSSR count). The van der Waals surface area contributed by atoms with Crippen molar-refractivity contribution in [3.05, 3.63) is 0 Å². The van der Waals surface area contributed by atoms with Crippen LogP contribution < -0.4 is 0 Å². The molecule has 0 fully saturated rings. The standard InChI is InChI=1S/C14H30O4S.Cu/c1-2-3-4-5-6-7-8-9-10-11-12-13-14-18-19(15,16)17;/h2-14H2,1H3,(H,15,16,17);. The molecule has 6 heteroatoms. The monoisotopic (exact) mass is 357 g/mol. The van der Waals surface area contributed by atoms with E-state index in [1.807, 2.05) is 0 Å². The summed E-state index contributed by atoms with van der Waals surface area (Å²) in [5.41, 5.74) is 0. The van der Waals surface area contributed by atoms with Crippen LogP contribution in [0.1, 0.15) is 84.0 Å². The Balaban J connectivity index is 0. The molecular formula is C14H30CuO4S. The Labute approximate surface area is 135 Å². The van der Waals surface area contributed by atoms with Crippen LogP contribution >= 0.6 is 0 Å². The molecule has 0 aliphatic rings. The van der Waals surface area contributed by atoms with Gasteiger partial charge in [-0.1, -0.05) is 77.6 Å². The summed E-state index contributed by atoms with van der Waals surface area (Å²) in [5, 5.41) is 0. The summed E-state index contributed by atoms with van der Waals surface area (Å²) in [6.07, 6.45) is 14.7. The van der Waals surface area contributed by atoms with Gasteiger partial charge >= 0.3 is 10.4 Å². The predicted octanol–water partition coefficient (Wildman–Crippen LogP) is 4.50. The van der Waals surface area contributed by atoms with Crippen LogP contribution in [0.4, 0.5) is 0 Å². The van der Waals surface area contributed by atoms with E-state index in [0.29, 0.717) is 6.42 Å². The zero-order valence-corrected chi connectivity index (χ0v) is 14.3. The minimum Gasteiger partial charge on any atom is -0.264 e. The van der Waals surface area contributed by atoms with Crippen molar-refractivity contribution in [2.45, 2.75) is 84.0 Å². The average molecular weight is 358 g/mol.